The fourth-order valence-electron chi connectivity index (χ4n) is 2.18. The number of hydrogen-bond acceptors (Lipinski definition) is 4. The summed E-state index contributed by atoms with van der Waals surface area (Å²) in [5, 5.41) is -4.22. The third kappa shape index (κ3) is 7.28. The van der Waals surface area contributed by atoms with E-state index in [4.69, 9.17) is 0 Å². The normalized spacial score (nSPS) is 15.2. The number of hydrogen-bond donors (Lipinski definition) is 0. The minimum Gasteiger partial charge on any atom is -0.236 e. The molecule has 1 atom stereocenters. The van der Waals surface area contributed by atoms with Crippen LogP contribution < -0.4 is 0 Å². The van der Waals surface area contributed by atoms with Gasteiger partial charge in [-0.3, -0.25) is 0 Å². The smallest absolute Gasteiger partial charge is 0.236 e. The van der Waals surface area contributed by atoms with Crippen LogP contribution in [0.2, 0.25) is 0 Å². The summed E-state index contributed by atoms with van der Waals surface area (Å²) in [6.07, 6.45) is -21.9. The molecule has 29 heavy (non-hydrogen) atoms. The first-order valence-corrected chi connectivity index (χ1v) is 10.6. The molecule has 15 heteroatoms. The minimum atomic E-state index is -6.32. The molecule has 1 unspecified atom stereocenters. The Kier molecular flexibility index (Phi) is 7.22. The van der Waals surface area contributed by atoms with Crippen LogP contribution in [0.15, 0.2) is 30.3 Å². The van der Waals surface area contributed by atoms with Gasteiger partial charge in [-0.25, -0.2) is 16.8 Å². The van der Waals surface area contributed by atoms with Crippen molar-refractivity contribution >= 4 is 19.7 Å². The van der Waals surface area contributed by atoms with Gasteiger partial charge in [0.15, 0.2) is 15.1 Å². The Morgan fingerprint density at radius 1 is 0.793 bits per heavy atom. The van der Waals surface area contributed by atoms with Crippen molar-refractivity contribution in [2.75, 3.05) is 5.75 Å². The van der Waals surface area contributed by atoms with Crippen molar-refractivity contribution in [3.05, 3.63) is 40.5 Å². The van der Waals surface area contributed by atoms with E-state index in [2.05, 4.69) is 0 Å². The van der Waals surface area contributed by atoms with Crippen molar-refractivity contribution in [3.63, 3.8) is 0 Å². The highest BCUT2D eigenvalue weighted by molar-refractivity contribution is 8.13. The van der Waals surface area contributed by atoms with E-state index in [9.17, 15) is 56.3 Å². The van der Waals surface area contributed by atoms with Crippen molar-refractivity contribution in [3.8, 4) is 0 Å². The predicted molar refractivity (Wildman–Crippen MR) is 82.7 cm³/mol. The number of benzene rings is 1. The monoisotopic (exact) mass is 479 g/mol. The van der Waals surface area contributed by atoms with Crippen molar-refractivity contribution in [2.24, 2.45) is 0 Å². The second-order valence-electron chi connectivity index (χ2n) is 5.73. The third-order valence-electron chi connectivity index (χ3n) is 3.36. The van der Waals surface area contributed by atoms with Crippen LogP contribution >= 0.6 is 0 Å². The molecule has 0 amide bonds. The fourth-order valence-corrected chi connectivity index (χ4v) is 6.86. The molecule has 1 rings (SSSR count). The van der Waals surface area contributed by atoms with Gasteiger partial charge in [-0.15, -0.1) is 12.1 Å². The van der Waals surface area contributed by atoms with E-state index in [1.54, 1.807) is 0 Å². The lowest BCUT2D eigenvalue weighted by Gasteiger charge is -2.31. The molecule has 4 nitrogen and oxygen atoms in total. The van der Waals surface area contributed by atoms with E-state index in [0.717, 1.165) is 12.1 Å². The molecule has 0 aromatic heterocycles. The first-order valence-electron chi connectivity index (χ1n) is 7.36. The molecule has 168 valence electrons. The van der Waals surface area contributed by atoms with Crippen LogP contribution in [0.25, 0.3) is 0 Å². The average Bonchev–Trinajstić information content (AvgIpc) is 2.49. The molecule has 0 saturated heterocycles. The minimum absolute atomic E-state index is 0.652. The zero-order chi connectivity index (χ0) is 22.9. The zero-order valence-electron chi connectivity index (χ0n) is 13.9. The summed E-state index contributed by atoms with van der Waals surface area (Å²) in [5.41, 5.74) is -0.980. The van der Waals surface area contributed by atoms with Crippen LogP contribution in [0.1, 0.15) is 18.4 Å². The average molecular weight is 479 g/mol. The number of sulfone groups is 2. The van der Waals surface area contributed by atoms with Gasteiger partial charge in [0.05, 0.1) is 23.2 Å². The van der Waals surface area contributed by atoms with Crippen molar-refractivity contribution in [1.29, 1.82) is 0 Å². The van der Waals surface area contributed by atoms with Gasteiger partial charge in [0.1, 0.15) is 9.84 Å². The van der Waals surface area contributed by atoms with Crippen LogP contribution in [-0.4, -0.2) is 46.4 Å². The summed E-state index contributed by atoms with van der Waals surface area (Å²) in [5.74, 6) is -1.96. The maximum absolute atomic E-state index is 13.1. The molecule has 1 aromatic rings. The van der Waals surface area contributed by atoms with Gasteiger partial charge < -0.3 is 0 Å². The van der Waals surface area contributed by atoms with Gasteiger partial charge in [-0.05, 0) is 0 Å². The Morgan fingerprint density at radius 3 is 1.66 bits per heavy atom. The Hall–Kier alpha value is -1.64. The highest BCUT2D eigenvalue weighted by Crippen LogP contribution is 2.42. The Bertz CT molecular complexity index is 886. The van der Waals surface area contributed by atoms with Crippen molar-refractivity contribution < 1.29 is 56.3 Å². The van der Waals surface area contributed by atoms with Gasteiger partial charge in [-0.1, -0.05) is 6.07 Å². The summed E-state index contributed by atoms with van der Waals surface area (Å²) < 4.78 is 161. The number of rotatable bonds is 7. The lowest BCUT2D eigenvalue weighted by atomic mass is 10.2. The van der Waals surface area contributed by atoms with E-state index in [1.807, 2.05) is 0 Å². The van der Waals surface area contributed by atoms with Crippen LogP contribution in [0.4, 0.5) is 39.5 Å². The summed E-state index contributed by atoms with van der Waals surface area (Å²) in [6, 6.07) is 4.39. The largest absolute Gasteiger partial charge is 0.405 e. The summed E-state index contributed by atoms with van der Waals surface area (Å²) in [6.45, 7) is 0. The highest BCUT2D eigenvalue weighted by Gasteiger charge is 2.56. The summed E-state index contributed by atoms with van der Waals surface area (Å²) in [4.78, 5) is 0. The fraction of sp³-hybridized carbons (Fsp3) is 0.500. The predicted octanol–water partition coefficient (Wildman–Crippen LogP) is 4.19. The molecule has 0 radical (unpaired) electrons. The van der Waals surface area contributed by atoms with E-state index in [-0.39, 0.29) is 0 Å². The van der Waals surface area contributed by atoms with E-state index in [1.165, 1.54) is 6.07 Å². The highest BCUT2D eigenvalue weighted by atomic mass is 32.3. The lowest BCUT2D eigenvalue weighted by molar-refractivity contribution is -0.179. The topological polar surface area (TPSA) is 68.3 Å². The van der Waals surface area contributed by atoms with Gasteiger partial charge in [0.25, 0.3) is 0 Å². The van der Waals surface area contributed by atoms with Crippen LogP contribution in [0.5, 0.6) is 0 Å². The summed E-state index contributed by atoms with van der Waals surface area (Å²) in [7, 11) is -11.9. The molecule has 0 heterocycles. The number of halogens is 9. The molecule has 0 aliphatic heterocycles. The molecular weight excluding hydrogens is 467 g/mol. The SMILES string of the molecule is O=S(=O)(CCC(F)(F)F)[C-](c1ccccc1)S(=O)(=O)C(CC(F)(F)F)C(F)(F)F. The van der Waals surface area contributed by atoms with E-state index >= 15 is 0 Å². The Morgan fingerprint density at radius 2 is 1.28 bits per heavy atom. The molecule has 0 aliphatic rings. The molecule has 0 saturated carbocycles. The van der Waals surface area contributed by atoms with Gasteiger partial charge in [-0.2, -0.15) is 57.2 Å². The Balaban J connectivity index is 3.63. The first kappa shape index (κ1) is 25.4. The summed E-state index contributed by atoms with van der Waals surface area (Å²) >= 11 is 0. The maximum Gasteiger partial charge on any atom is 0.405 e. The van der Waals surface area contributed by atoms with Crippen LogP contribution in [-0.2, 0) is 19.7 Å². The van der Waals surface area contributed by atoms with Crippen molar-refractivity contribution in [2.45, 2.75) is 36.6 Å². The molecular formula is C14H12F9O4S2-. The van der Waals surface area contributed by atoms with Gasteiger partial charge in [0.2, 0.25) is 0 Å². The molecule has 0 N–H and O–H groups in total. The second-order valence-corrected chi connectivity index (χ2v) is 10.1. The standard InChI is InChI=1S/C14H12F9O4S2/c15-12(16,17)6-7-28(24,25)11(9-4-2-1-3-5-9)29(26,27)10(14(21,22)23)8-13(18,19)20/h1-5,10H,6-8H2/q-1. The molecule has 0 aliphatic carbocycles. The second kappa shape index (κ2) is 8.24. The van der Waals surface area contributed by atoms with Crippen LogP contribution in [0, 0.1) is 4.58 Å². The zero-order valence-corrected chi connectivity index (χ0v) is 15.6. The molecule has 1 aromatic carbocycles. The maximum atomic E-state index is 13.1. The van der Waals surface area contributed by atoms with Crippen molar-refractivity contribution in [1.82, 2.24) is 0 Å². The molecule has 0 bridgehead atoms. The Labute approximate surface area is 159 Å². The van der Waals surface area contributed by atoms with E-state index in [0.29, 0.717) is 12.1 Å². The quantitative estimate of drug-likeness (QED) is 0.435. The number of alkyl halides is 9. The third-order valence-corrected chi connectivity index (χ3v) is 8.30. The molecule has 0 spiro atoms. The van der Waals surface area contributed by atoms with Gasteiger partial charge >= 0.3 is 18.5 Å². The molecule has 0 fully saturated rings. The first-order chi connectivity index (χ1) is 12.8. The van der Waals surface area contributed by atoms with Gasteiger partial charge in [0, 0.05) is 0 Å². The lowest BCUT2D eigenvalue weighted by Crippen LogP contribution is -2.44. The van der Waals surface area contributed by atoms with E-state index < -0.39 is 72.2 Å². The van der Waals surface area contributed by atoms with Crippen LogP contribution in [0.3, 0.4) is 0 Å².